The van der Waals surface area contributed by atoms with Gasteiger partial charge < -0.3 is 10.6 Å². The molecule has 0 unspecified atom stereocenters. The predicted octanol–water partition coefficient (Wildman–Crippen LogP) is 2.99. The van der Waals surface area contributed by atoms with Gasteiger partial charge in [0.2, 0.25) is 0 Å². The molecule has 0 amide bonds. The Kier molecular flexibility index (Phi) is 4.00. The van der Waals surface area contributed by atoms with E-state index in [4.69, 9.17) is 17.3 Å². The number of aryl methyl sites for hydroxylation is 2. The van der Waals surface area contributed by atoms with Crippen LogP contribution < -0.4 is 10.6 Å². The first kappa shape index (κ1) is 13.7. The Morgan fingerprint density at radius 1 is 1.37 bits per heavy atom. The first-order valence-corrected chi connectivity index (χ1v) is 6.69. The van der Waals surface area contributed by atoms with Crippen LogP contribution in [-0.2, 0) is 13.6 Å². The number of para-hydroxylation sites is 2. The summed E-state index contributed by atoms with van der Waals surface area (Å²) in [4.78, 5) is 2.20. The maximum atomic E-state index is 6.28. The van der Waals surface area contributed by atoms with Crippen molar-refractivity contribution < 1.29 is 0 Å². The molecule has 1 aromatic heterocycles. The van der Waals surface area contributed by atoms with Crippen molar-refractivity contribution in [2.45, 2.75) is 20.4 Å². The Bertz CT molecular complexity index is 577. The Balaban J connectivity index is 2.32. The average Bonchev–Trinajstić information content (AvgIpc) is 2.63. The van der Waals surface area contributed by atoms with Gasteiger partial charge in [-0.05, 0) is 26.0 Å². The SMILES string of the molecule is CCN(Cc1c(C)nn(C)c1Cl)c1ccccc1N. The van der Waals surface area contributed by atoms with Gasteiger partial charge in [-0.25, -0.2) is 0 Å². The van der Waals surface area contributed by atoms with Crippen molar-refractivity contribution in [3.05, 3.63) is 40.7 Å². The molecule has 0 aliphatic carbocycles. The third-order valence-electron chi connectivity index (χ3n) is 3.28. The van der Waals surface area contributed by atoms with Gasteiger partial charge in [-0.2, -0.15) is 5.10 Å². The van der Waals surface area contributed by atoms with Crippen molar-refractivity contribution in [1.82, 2.24) is 9.78 Å². The Hall–Kier alpha value is -1.68. The fraction of sp³-hybridized carbons (Fsp3) is 0.357. The molecular weight excluding hydrogens is 260 g/mol. The molecule has 0 aliphatic rings. The molecular formula is C14H19ClN4. The summed E-state index contributed by atoms with van der Waals surface area (Å²) in [7, 11) is 1.85. The Morgan fingerprint density at radius 3 is 2.58 bits per heavy atom. The van der Waals surface area contributed by atoms with Crippen molar-refractivity contribution in [2.24, 2.45) is 7.05 Å². The van der Waals surface area contributed by atoms with Crippen LogP contribution in [0.2, 0.25) is 5.15 Å². The lowest BCUT2D eigenvalue weighted by molar-refractivity contribution is 0.757. The van der Waals surface area contributed by atoms with E-state index in [9.17, 15) is 0 Å². The highest BCUT2D eigenvalue weighted by molar-refractivity contribution is 6.30. The van der Waals surface area contributed by atoms with Gasteiger partial charge in [0, 0.05) is 25.7 Å². The molecule has 0 bridgehead atoms. The van der Waals surface area contributed by atoms with E-state index in [0.717, 1.165) is 29.2 Å². The van der Waals surface area contributed by atoms with Gasteiger partial charge in [0.1, 0.15) is 5.15 Å². The second-order valence-corrected chi connectivity index (χ2v) is 4.91. The highest BCUT2D eigenvalue weighted by Crippen LogP contribution is 2.27. The molecule has 5 heteroatoms. The largest absolute Gasteiger partial charge is 0.397 e. The van der Waals surface area contributed by atoms with Gasteiger partial charge in [0.05, 0.1) is 17.1 Å². The highest BCUT2D eigenvalue weighted by Gasteiger charge is 2.15. The van der Waals surface area contributed by atoms with Crippen LogP contribution in [-0.4, -0.2) is 16.3 Å². The molecule has 1 heterocycles. The molecule has 1 aromatic carbocycles. The van der Waals surface area contributed by atoms with Crippen LogP contribution in [0.5, 0.6) is 0 Å². The third-order valence-corrected chi connectivity index (χ3v) is 3.75. The van der Waals surface area contributed by atoms with Crippen molar-refractivity contribution in [1.29, 1.82) is 0 Å². The highest BCUT2D eigenvalue weighted by atomic mass is 35.5. The lowest BCUT2D eigenvalue weighted by Gasteiger charge is -2.24. The zero-order chi connectivity index (χ0) is 14.0. The fourth-order valence-electron chi connectivity index (χ4n) is 2.19. The van der Waals surface area contributed by atoms with Crippen molar-refractivity contribution in [3.63, 3.8) is 0 Å². The van der Waals surface area contributed by atoms with Crippen LogP contribution >= 0.6 is 11.6 Å². The van der Waals surface area contributed by atoms with Crippen LogP contribution in [0, 0.1) is 6.92 Å². The van der Waals surface area contributed by atoms with E-state index in [-0.39, 0.29) is 0 Å². The number of halogens is 1. The maximum absolute atomic E-state index is 6.28. The first-order chi connectivity index (χ1) is 9.04. The second-order valence-electron chi connectivity index (χ2n) is 4.55. The summed E-state index contributed by atoms with van der Waals surface area (Å²) >= 11 is 6.28. The Morgan fingerprint density at radius 2 is 2.05 bits per heavy atom. The van der Waals surface area contributed by atoms with E-state index in [1.54, 1.807) is 4.68 Å². The van der Waals surface area contributed by atoms with E-state index in [1.165, 1.54) is 0 Å². The molecule has 0 radical (unpaired) electrons. The lowest BCUT2D eigenvalue weighted by atomic mass is 10.2. The quantitative estimate of drug-likeness (QED) is 0.875. The molecule has 0 saturated carbocycles. The number of benzene rings is 1. The summed E-state index contributed by atoms with van der Waals surface area (Å²) in [5.74, 6) is 0. The van der Waals surface area contributed by atoms with Crippen LogP contribution in [0.4, 0.5) is 11.4 Å². The fourth-order valence-corrected chi connectivity index (χ4v) is 2.42. The molecule has 0 atom stereocenters. The van der Waals surface area contributed by atoms with Crippen LogP contribution in [0.25, 0.3) is 0 Å². The topological polar surface area (TPSA) is 47.1 Å². The summed E-state index contributed by atoms with van der Waals surface area (Å²) in [6.07, 6.45) is 0. The molecule has 0 aliphatic heterocycles. The monoisotopic (exact) mass is 278 g/mol. The third kappa shape index (κ3) is 2.68. The smallest absolute Gasteiger partial charge is 0.131 e. The maximum Gasteiger partial charge on any atom is 0.131 e. The minimum Gasteiger partial charge on any atom is -0.397 e. The summed E-state index contributed by atoms with van der Waals surface area (Å²) in [6, 6.07) is 7.87. The Labute approximate surface area is 118 Å². The number of nitrogen functional groups attached to an aromatic ring is 1. The predicted molar refractivity (Wildman–Crippen MR) is 80.5 cm³/mol. The second kappa shape index (κ2) is 5.53. The molecule has 0 fully saturated rings. The molecule has 2 N–H and O–H groups in total. The van der Waals surface area contributed by atoms with Crippen molar-refractivity contribution >= 4 is 23.0 Å². The molecule has 19 heavy (non-hydrogen) atoms. The number of anilines is 2. The first-order valence-electron chi connectivity index (χ1n) is 6.32. The molecule has 0 spiro atoms. The standard InChI is InChI=1S/C14H19ClN4/c1-4-19(13-8-6-5-7-12(13)16)9-11-10(2)17-18(3)14(11)15/h5-8H,4,9,16H2,1-3H3. The van der Waals surface area contributed by atoms with Gasteiger partial charge in [-0.1, -0.05) is 23.7 Å². The van der Waals surface area contributed by atoms with Crippen molar-refractivity contribution in [2.75, 3.05) is 17.2 Å². The van der Waals surface area contributed by atoms with Gasteiger partial charge in [0.25, 0.3) is 0 Å². The van der Waals surface area contributed by atoms with E-state index in [2.05, 4.69) is 16.9 Å². The molecule has 2 rings (SSSR count). The van der Waals surface area contributed by atoms with Crippen molar-refractivity contribution in [3.8, 4) is 0 Å². The zero-order valence-electron chi connectivity index (χ0n) is 11.5. The van der Waals surface area contributed by atoms with Gasteiger partial charge in [-0.3, -0.25) is 4.68 Å². The summed E-state index contributed by atoms with van der Waals surface area (Å²) in [6.45, 7) is 5.65. The number of hydrogen-bond donors (Lipinski definition) is 1. The average molecular weight is 279 g/mol. The lowest BCUT2D eigenvalue weighted by Crippen LogP contribution is -2.23. The van der Waals surface area contributed by atoms with Gasteiger partial charge in [0.15, 0.2) is 0 Å². The van der Waals surface area contributed by atoms with Crippen LogP contribution in [0.3, 0.4) is 0 Å². The normalized spacial score (nSPS) is 10.7. The summed E-state index contributed by atoms with van der Waals surface area (Å²) in [5.41, 5.74) is 9.86. The molecule has 102 valence electrons. The van der Waals surface area contributed by atoms with E-state index in [1.807, 2.05) is 38.2 Å². The van der Waals surface area contributed by atoms with E-state index in [0.29, 0.717) is 11.7 Å². The molecule has 2 aromatic rings. The number of nitrogens with two attached hydrogens (primary N) is 1. The minimum absolute atomic E-state index is 0.686. The number of nitrogens with zero attached hydrogens (tertiary/aromatic N) is 3. The number of aromatic nitrogens is 2. The number of hydrogen-bond acceptors (Lipinski definition) is 3. The van der Waals surface area contributed by atoms with E-state index < -0.39 is 0 Å². The van der Waals surface area contributed by atoms with Gasteiger partial charge in [-0.15, -0.1) is 0 Å². The van der Waals surface area contributed by atoms with Crippen LogP contribution in [0.1, 0.15) is 18.2 Å². The zero-order valence-corrected chi connectivity index (χ0v) is 12.3. The number of rotatable bonds is 4. The molecule has 4 nitrogen and oxygen atoms in total. The van der Waals surface area contributed by atoms with Gasteiger partial charge >= 0.3 is 0 Å². The summed E-state index contributed by atoms with van der Waals surface area (Å²) < 4.78 is 1.70. The minimum atomic E-state index is 0.686. The van der Waals surface area contributed by atoms with E-state index >= 15 is 0 Å². The van der Waals surface area contributed by atoms with Crippen LogP contribution in [0.15, 0.2) is 24.3 Å². The summed E-state index contributed by atoms with van der Waals surface area (Å²) in [5, 5.41) is 5.03. The molecule has 0 saturated heterocycles.